The molecule has 0 fully saturated rings. The Morgan fingerprint density at radius 1 is 0.260 bits per heavy atom. The van der Waals surface area contributed by atoms with Gasteiger partial charge >= 0.3 is 0 Å². The maximum absolute atomic E-state index is 12.2. The summed E-state index contributed by atoms with van der Waals surface area (Å²) in [7, 11) is 9.29. The number of nitrogens with one attached hydrogen (secondary N) is 7. The number of benzene rings is 7. The lowest BCUT2D eigenvalue weighted by atomic mass is 10.0. The van der Waals surface area contributed by atoms with Gasteiger partial charge in [-0.2, -0.15) is 0 Å². The van der Waals surface area contributed by atoms with Crippen LogP contribution in [0.2, 0.25) is 10.0 Å². The van der Waals surface area contributed by atoms with Gasteiger partial charge in [-0.25, -0.2) is 24.9 Å². The molecule has 14 aromatic rings. The first-order valence-corrected chi connectivity index (χ1v) is 51.2. The predicted molar refractivity (Wildman–Crippen MR) is 602 cm³/mol. The van der Waals surface area contributed by atoms with E-state index >= 15 is 0 Å². The van der Waals surface area contributed by atoms with Crippen molar-refractivity contribution in [1.82, 2.24) is 34.9 Å². The summed E-state index contributed by atoms with van der Waals surface area (Å²) in [6.45, 7) is 0. The monoisotopic (exact) mass is 2630 g/mol. The van der Waals surface area contributed by atoms with Gasteiger partial charge in [0.05, 0.1) is 141 Å². The highest BCUT2D eigenvalue weighted by Crippen LogP contribution is 2.47. The zero-order valence-electron chi connectivity index (χ0n) is 76.1. The van der Waals surface area contributed by atoms with Crippen LogP contribution in [0.1, 0.15) is 78.1 Å². The first-order chi connectivity index (χ1) is 70.1. The summed E-state index contributed by atoms with van der Waals surface area (Å²) in [5.74, 6) is 4.89. The topological polar surface area (TPSA) is 410 Å². The number of rotatable bonds is 13. The maximum atomic E-state index is 12.2. The number of halogens is 12. The number of hydrogen-bond donors (Lipinski definition) is 10. The number of phenolic OH excluding ortho intramolecular Hbond substituents is 3. The van der Waals surface area contributed by atoms with Gasteiger partial charge in [0, 0.05) is 89.1 Å². The zero-order chi connectivity index (χ0) is 104. The molecule has 42 heteroatoms. The van der Waals surface area contributed by atoms with Crippen molar-refractivity contribution in [3.8, 4) is 51.7 Å². The number of anilines is 7. The largest absolute Gasteiger partial charge is 0.506 e. The van der Waals surface area contributed by atoms with Crippen LogP contribution in [0.5, 0.6) is 51.7 Å². The number of fused-ring (bicyclic) bond motifs is 7. The standard InChI is InChI=1S/2C17H16N2O4.C14H7Br2ClN2O2.C14H7Br2ClN2O.2C14H8Br2N2O2.C14H8Br2N2O/c1-21-13-8-10(9-14(22-2)16(13)23-3)7-11-15-12(19-17(11)20)5-4-6-18-15;1-21-13-8-10(9-14(22-2)15(13)23-3)7-12-11-5-4-6-18-16(11)19-17(12)20;15-8-4-6(5-9(16)12(8)20)3-7-11-10(17)1-2-18-13(11)19-14(7)21;15-8-3-7(4-9(16)6-8)5-10-12-11(17)1-2-18-13(12)19-14(10)20;15-9-5-7(6-10(16)13(9)19)4-8-12-11(18-14(8)20)2-1-3-17-12;15-10-5-7(6-11(16)12(10)19)4-9-8-2-1-3-17-13(8)18-14(9)20;15-9-4-8(5-10(16)7-9)6-12-11-2-1-3-17-13(11)18-14(12)19/h4-9H,1-3H3,(H,19,20);4-9H,1-3H3,(H,18,19,20);1-5,20H,(H,18,19,21);1-6H,(H,18,19,20);1-6,19H,(H,18,20);1-6,19H,(H,17,18,20);1-7H,(H,17,18,19). The first kappa shape index (κ1) is 107. The molecule has 0 unspecified atom stereocenters. The van der Waals surface area contributed by atoms with E-state index < -0.39 is 0 Å². The van der Waals surface area contributed by atoms with Crippen molar-refractivity contribution in [2.75, 3.05) is 79.9 Å². The second kappa shape index (κ2) is 47.9. The van der Waals surface area contributed by atoms with E-state index in [2.05, 4.69) is 231 Å². The number of hydrogen-bond acceptors (Lipinski definition) is 23. The molecule has 7 aliphatic heterocycles. The van der Waals surface area contributed by atoms with E-state index in [0.717, 1.165) is 73.5 Å². The van der Waals surface area contributed by atoms with E-state index in [1.54, 1.807) is 213 Å². The van der Waals surface area contributed by atoms with Gasteiger partial charge < -0.3 is 81.0 Å². The van der Waals surface area contributed by atoms with Crippen LogP contribution in [0.3, 0.4) is 0 Å². The van der Waals surface area contributed by atoms with Crippen molar-refractivity contribution in [2.45, 2.75) is 0 Å². The number of carbonyl (C=O) groups is 7. The summed E-state index contributed by atoms with van der Waals surface area (Å²) < 4.78 is 39.0. The summed E-state index contributed by atoms with van der Waals surface area (Å²) in [6.07, 6.45) is 23.7. The zero-order valence-corrected chi connectivity index (χ0v) is 93.4. The Labute approximate surface area is 926 Å². The summed E-state index contributed by atoms with van der Waals surface area (Å²) in [6, 6.07) is 50.6. The average molecular weight is 2640 g/mol. The Balaban J connectivity index is 0.000000128. The number of pyridine rings is 7. The summed E-state index contributed by atoms with van der Waals surface area (Å²) >= 11 is 45.6. The lowest BCUT2D eigenvalue weighted by Crippen LogP contribution is -2.04. The summed E-state index contributed by atoms with van der Waals surface area (Å²) in [5.41, 5.74) is 15.7. The van der Waals surface area contributed by atoms with E-state index in [9.17, 15) is 48.9 Å². The third-order valence-corrected chi connectivity index (χ3v) is 27.7. The van der Waals surface area contributed by atoms with Gasteiger partial charge in [0.1, 0.15) is 46.3 Å². The molecule has 0 spiro atoms. The molecule has 146 heavy (non-hydrogen) atoms. The van der Waals surface area contributed by atoms with Gasteiger partial charge in [0.15, 0.2) is 23.0 Å². The highest BCUT2D eigenvalue weighted by atomic mass is 79.9. The van der Waals surface area contributed by atoms with Crippen LogP contribution in [-0.4, -0.2) is 134 Å². The molecule has 0 aliphatic carbocycles. The number of phenols is 3. The second-order valence-corrected chi connectivity index (χ2v) is 40.5. The first-order valence-electron chi connectivity index (χ1n) is 42.5. The van der Waals surface area contributed by atoms with Crippen molar-refractivity contribution in [1.29, 1.82) is 0 Å². The summed E-state index contributed by atoms with van der Waals surface area (Å²) in [4.78, 5) is 114. The van der Waals surface area contributed by atoms with Gasteiger partial charge in [0.2, 0.25) is 11.5 Å². The minimum atomic E-state index is -0.258. The molecule has 30 nitrogen and oxygen atoms in total. The van der Waals surface area contributed by atoms with Crippen LogP contribution in [0.15, 0.2) is 258 Å². The summed E-state index contributed by atoms with van der Waals surface area (Å²) in [5, 5.41) is 49.2. The minimum absolute atomic E-state index is 0.105. The van der Waals surface area contributed by atoms with Crippen LogP contribution < -0.4 is 65.6 Å². The molecular weight excluding hydrogens is 2570 g/mol. The van der Waals surface area contributed by atoms with E-state index in [-0.39, 0.29) is 58.6 Å². The Morgan fingerprint density at radius 2 is 0.493 bits per heavy atom. The SMILES string of the molecule is COc1cc(C=C2C(=O)Nc3cccnc32)cc(OC)c1OC.COc1cc(C=C2C(=O)Nc3ncccc32)cc(OC)c1OC.O=C1Nc2cccnc2C1=Cc1cc(Br)c(O)c(Br)c1.O=C1Nc2nccc(Cl)c2C1=Cc1cc(Br)c(O)c(Br)c1.O=C1Nc2nccc(Cl)c2C1=Cc1cc(Br)cc(Br)c1.O=C1Nc2ncccc2C1=Cc1cc(Br)c(O)c(Br)c1.O=C1Nc2ncccc2C1=Cc1cc(Br)cc(Br)c1. The highest BCUT2D eigenvalue weighted by molar-refractivity contribution is 9.12. The molecule has 7 aromatic heterocycles. The van der Waals surface area contributed by atoms with Crippen molar-refractivity contribution in [3.63, 3.8) is 0 Å². The van der Waals surface area contributed by atoms with Gasteiger partial charge in [-0.3, -0.25) is 43.5 Å². The fourth-order valence-electron chi connectivity index (χ4n) is 15.1. The van der Waals surface area contributed by atoms with Gasteiger partial charge in [0.25, 0.3) is 41.4 Å². The van der Waals surface area contributed by atoms with Gasteiger partial charge in [-0.05, 0) is 347 Å². The molecule has 0 bridgehead atoms. The molecule has 7 aliphatic rings. The Bertz CT molecular complexity index is 7540. The lowest BCUT2D eigenvalue weighted by Gasteiger charge is -2.13. The van der Waals surface area contributed by atoms with Crippen LogP contribution in [0, 0.1) is 0 Å². The smallest absolute Gasteiger partial charge is 0.258 e. The van der Waals surface area contributed by atoms with Crippen LogP contribution in [0.4, 0.5) is 40.5 Å². The van der Waals surface area contributed by atoms with Gasteiger partial charge in [-0.1, -0.05) is 86.9 Å². The minimum Gasteiger partial charge on any atom is -0.506 e. The number of aromatic hydroxyl groups is 3. The molecule has 0 radical (unpaired) electrons. The fourth-order valence-corrected chi connectivity index (χ4v) is 21.9. The molecule has 7 amide bonds. The number of nitrogens with zero attached hydrogens (tertiary/aromatic N) is 7. The molecule has 0 saturated heterocycles. The number of methoxy groups -OCH3 is 6. The Hall–Kier alpha value is -13.4. The Morgan fingerprint density at radius 3 is 0.781 bits per heavy atom. The molecule has 14 heterocycles. The molecule has 10 N–H and O–H groups in total. The average Bonchev–Trinajstić information content (AvgIpc) is 1.64. The molecule has 21 rings (SSSR count). The normalized spacial score (nSPS) is 15.0. The number of amides is 7. The van der Waals surface area contributed by atoms with Crippen molar-refractivity contribution in [2.24, 2.45) is 0 Å². The number of ether oxygens (including phenoxy) is 6. The third-order valence-electron chi connectivity index (χ3n) is 21.6. The number of carbonyl (C=O) groups excluding carboxylic acids is 7. The van der Waals surface area contributed by atoms with Crippen LogP contribution >= 0.6 is 183 Å². The van der Waals surface area contributed by atoms with Crippen LogP contribution in [0.25, 0.3) is 81.5 Å². The van der Waals surface area contributed by atoms with Crippen molar-refractivity contribution < 1.29 is 77.3 Å². The Kier molecular flexibility index (Phi) is 35.0. The van der Waals surface area contributed by atoms with Gasteiger partial charge in [-0.15, -0.1) is 0 Å². The highest BCUT2D eigenvalue weighted by Gasteiger charge is 2.34. The lowest BCUT2D eigenvalue weighted by molar-refractivity contribution is -0.111. The maximum Gasteiger partial charge on any atom is 0.258 e. The fraction of sp³-hybridized carbons (Fsp3) is 0.0577. The van der Waals surface area contributed by atoms with E-state index in [1.807, 2.05) is 78.9 Å². The molecule has 0 saturated carbocycles. The van der Waals surface area contributed by atoms with E-state index in [4.69, 9.17) is 51.6 Å². The molecule has 7 aromatic carbocycles. The second-order valence-electron chi connectivity index (χ2n) is 30.9. The quantitative estimate of drug-likeness (QED) is 0.0479. The number of aromatic nitrogens is 7. The van der Waals surface area contributed by atoms with E-state index in [1.165, 1.54) is 6.20 Å². The van der Waals surface area contributed by atoms with E-state index in [0.29, 0.717) is 173 Å². The molecular formula is C104H70Br10Cl2N14O16. The molecule has 736 valence electrons. The molecule has 0 atom stereocenters. The van der Waals surface area contributed by atoms with Crippen molar-refractivity contribution >= 4 is 346 Å². The third kappa shape index (κ3) is 24.8. The van der Waals surface area contributed by atoms with Crippen molar-refractivity contribution in [3.05, 3.63) is 346 Å². The predicted octanol–water partition coefficient (Wildman–Crippen LogP) is 26.1. The van der Waals surface area contributed by atoms with Crippen LogP contribution in [-0.2, 0) is 33.6 Å².